The molecule has 0 heterocycles. The molecule has 90 valence electrons. The van der Waals surface area contributed by atoms with Gasteiger partial charge in [0.15, 0.2) is 5.78 Å². The van der Waals surface area contributed by atoms with Crippen LogP contribution in [0.2, 0.25) is 0 Å². The van der Waals surface area contributed by atoms with Gasteiger partial charge in [-0.05, 0) is 25.0 Å². The van der Waals surface area contributed by atoms with Crippen molar-refractivity contribution in [3.8, 4) is 0 Å². The van der Waals surface area contributed by atoms with Crippen molar-refractivity contribution in [2.75, 3.05) is 0 Å². The second-order valence-corrected chi connectivity index (χ2v) is 4.21. The van der Waals surface area contributed by atoms with E-state index in [-0.39, 0.29) is 5.78 Å². The minimum absolute atomic E-state index is 0.0763. The van der Waals surface area contributed by atoms with Crippen LogP contribution in [0.1, 0.15) is 35.3 Å². The van der Waals surface area contributed by atoms with Gasteiger partial charge in [-0.25, -0.2) is 0 Å². The molecule has 0 radical (unpaired) electrons. The Bertz CT molecular complexity index is 580. The standard InChI is InChI=1S/C17H16O/c1-3-13(2)15-11-7-8-12-16(15)17(18)14-9-5-4-6-10-14/h3-12H,1-2H3. The third kappa shape index (κ3) is 2.40. The number of ketones is 1. The number of hydrogen-bond donors (Lipinski definition) is 0. The molecule has 0 atom stereocenters. The minimum Gasteiger partial charge on any atom is -0.289 e. The average molecular weight is 236 g/mol. The van der Waals surface area contributed by atoms with Crippen LogP contribution in [0, 0.1) is 0 Å². The lowest BCUT2D eigenvalue weighted by atomic mass is 9.94. The number of hydrogen-bond acceptors (Lipinski definition) is 1. The number of rotatable bonds is 3. The molecule has 0 aliphatic carbocycles. The highest BCUT2D eigenvalue weighted by molar-refractivity contribution is 6.11. The van der Waals surface area contributed by atoms with E-state index in [0.29, 0.717) is 0 Å². The molecule has 0 fully saturated rings. The van der Waals surface area contributed by atoms with Crippen LogP contribution in [0.3, 0.4) is 0 Å². The van der Waals surface area contributed by atoms with Crippen LogP contribution in [-0.2, 0) is 0 Å². The molecule has 0 saturated heterocycles. The lowest BCUT2D eigenvalue weighted by Gasteiger charge is -2.08. The number of carbonyl (C=O) groups excluding carboxylic acids is 1. The van der Waals surface area contributed by atoms with E-state index in [9.17, 15) is 4.79 Å². The Kier molecular flexibility index (Phi) is 3.73. The third-order valence-corrected chi connectivity index (χ3v) is 3.07. The Balaban J connectivity index is 2.49. The zero-order valence-corrected chi connectivity index (χ0v) is 10.7. The monoisotopic (exact) mass is 236 g/mol. The molecule has 0 bridgehead atoms. The van der Waals surface area contributed by atoms with Crippen LogP contribution in [0.5, 0.6) is 0 Å². The van der Waals surface area contributed by atoms with Crippen LogP contribution >= 0.6 is 0 Å². The van der Waals surface area contributed by atoms with E-state index in [1.807, 2.05) is 74.5 Å². The smallest absolute Gasteiger partial charge is 0.193 e. The molecule has 1 heteroatoms. The van der Waals surface area contributed by atoms with E-state index >= 15 is 0 Å². The third-order valence-electron chi connectivity index (χ3n) is 3.07. The Labute approximate surface area is 108 Å². The second kappa shape index (κ2) is 5.46. The Morgan fingerprint density at radius 1 is 0.889 bits per heavy atom. The first-order chi connectivity index (χ1) is 8.74. The summed E-state index contributed by atoms with van der Waals surface area (Å²) in [5, 5.41) is 0. The quantitative estimate of drug-likeness (QED) is 0.724. The van der Waals surface area contributed by atoms with Crippen molar-refractivity contribution < 1.29 is 4.79 Å². The maximum Gasteiger partial charge on any atom is 0.193 e. The molecule has 0 unspecified atom stereocenters. The van der Waals surface area contributed by atoms with Gasteiger partial charge >= 0.3 is 0 Å². The summed E-state index contributed by atoms with van der Waals surface area (Å²) in [6, 6.07) is 17.1. The molecule has 1 nitrogen and oxygen atoms in total. The van der Waals surface area contributed by atoms with Gasteiger partial charge in [-0.1, -0.05) is 60.7 Å². The lowest BCUT2D eigenvalue weighted by molar-refractivity contribution is 0.103. The first-order valence-electron chi connectivity index (χ1n) is 6.06. The predicted octanol–water partition coefficient (Wildman–Crippen LogP) is 4.34. The maximum absolute atomic E-state index is 12.5. The zero-order chi connectivity index (χ0) is 13.0. The Hall–Kier alpha value is -2.15. The highest BCUT2D eigenvalue weighted by atomic mass is 16.1. The van der Waals surface area contributed by atoms with Crippen molar-refractivity contribution in [3.05, 3.63) is 77.4 Å². The molecule has 0 N–H and O–H groups in total. The highest BCUT2D eigenvalue weighted by Crippen LogP contribution is 2.21. The summed E-state index contributed by atoms with van der Waals surface area (Å²) >= 11 is 0. The van der Waals surface area contributed by atoms with Crippen molar-refractivity contribution in [2.45, 2.75) is 13.8 Å². The van der Waals surface area contributed by atoms with Gasteiger partial charge in [0.25, 0.3) is 0 Å². The normalized spacial score (nSPS) is 11.3. The molecule has 0 saturated carbocycles. The van der Waals surface area contributed by atoms with Gasteiger partial charge in [-0.3, -0.25) is 4.79 Å². The Morgan fingerprint density at radius 3 is 2.06 bits per heavy atom. The molecule has 2 aromatic carbocycles. The van der Waals surface area contributed by atoms with Gasteiger partial charge in [-0.15, -0.1) is 0 Å². The first kappa shape index (κ1) is 12.3. The van der Waals surface area contributed by atoms with Crippen LogP contribution in [0.15, 0.2) is 60.7 Å². The lowest BCUT2D eigenvalue weighted by Crippen LogP contribution is -2.04. The molecular formula is C17H16O. The van der Waals surface area contributed by atoms with Crippen LogP contribution < -0.4 is 0 Å². The summed E-state index contributed by atoms with van der Waals surface area (Å²) in [7, 11) is 0. The van der Waals surface area contributed by atoms with Crippen LogP contribution in [0.4, 0.5) is 0 Å². The van der Waals surface area contributed by atoms with Crippen LogP contribution in [0.25, 0.3) is 5.57 Å². The SMILES string of the molecule is CC=C(C)c1ccccc1C(=O)c1ccccc1. The summed E-state index contributed by atoms with van der Waals surface area (Å²) < 4.78 is 0. The minimum atomic E-state index is 0.0763. The molecule has 2 aromatic rings. The molecule has 2 rings (SSSR count). The van der Waals surface area contributed by atoms with Gasteiger partial charge in [0.05, 0.1) is 0 Å². The number of benzene rings is 2. The van der Waals surface area contributed by atoms with E-state index in [0.717, 1.165) is 22.3 Å². The van der Waals surface area contributed by atoms with Crippen LogP contribution in [-0.4, -0.2) is 5.78 Å². The van der Waals surface area contributed by atoms with E-state index in [1.54, 1.807) is 0 Å². The van der Waals surface area contributed by atoms with E-state index < -0.39 is 0 Å². The van der Waals surface area contributed by atoms with Crippen molar-refractivity contribution in [1.82, 2.24) is 0 Å². The highest BCUT2D eigenvalue weighted by Gasteiger charge is 2.13. The van der Waals surface area contributed by atoms with Crippen molar-refractivity contribution in [2.24, 2.45) is 0 Å². The fourth-order valence-electron chi connectivity index (χ4n) is 1.93. The van der Waals surface area contributed by atoms with E-state index in [4.69, 9.17) is 0 Å². The fourth-order valence-corrected chi connectivity index (χ4v) is 1.93. The first-order valence-corrected chi connectivity index (χ1v) is 6.06. The average Bonchev–Trinajstić information content (AvgIpc) is 2.46. The van der Waals surface area contributed by atoms with E-state index in [1.165, 1.54) is 0 Å². The molecule has 0 spiro atoms. The fraction of sp³-hybridized carbons (Fsp3) is 0.118. The molecule has 0 aromatic heterocycles. The summed E-state index contributed by atoms with van der Waals surface area (Å²) in [5.41, 5.74) is 3.62. The molecule has 0 amide bonds. The van der Waals surface area contributed by atoms with Gasteiger partial charge < -0.3 is 0 Å². The van der Waals surface area contributed by atoms with Gasteiger partial charge in [0.1, 0.15) is 0 Å². The maximum atomic E-state index is 12.5. The summed E-state index contributed by atoms with van der Waals surface area (Å²) in [5.74, 6) is 0.0763. The van der Waals surface area contributed by atoms with Crippen molar-refractivity contribution >= 4 is 11.4 Å². The summed E-state index contributed by atoms with van der Waals surface area (Å²) in [4.78, 5) is 12.5. The van der Waals surface area contributed by atoms with Crippen molar-refractivity contribution in [1.29, 1.82) is 0 Å². The topological polar surface area (TPSA) is 17.1 Å². The summed E-state index contributed by atoms with van der Waals surface area (Å²) in [6.07, 6.45) is 2.02. The molecule has 0 aliphatic rings. The largest absolute Gasteiger partial charge is 0.289 e. The van der Waals surface area contributed by atoms with Gasteiger partial charge in [0, 0.05) is 11.1 Å². The molecule has 0 aliphatic heterocycles. The number of carbonyl (C=O) groups is 1. The van der Waals surface area contributed by atoms with Gasteiger partial charge in [-0.2, -0.15) is 0 Å². The molecule has 18 heavy (non-hydrogen) atoms. The Morgan fingerprint density at radius 2 is 1.44 bits per heavy atom. The summed E-state index contributed by atoms with van der Waals surface area (Å²) in [6.45, 7) is 4.01. The van der Waals surface area contributed by atoms with Gasteiger partial charge in [0.2, 0.25) is 0 Å². The molecular weight excluding hydrogens is 220 g/mol. The second-order valence-electron chi connectivity index (χ2n) is 4.21. The van der Waals surface area contributed by atoms with Crippen molar-refractivity contribution in [3.63, 3.8) is 0 Å². The predicted molar refractivity (Wildman–Crippen MR) is 75.6 cm³/mol. The number of allylic oxidation sites excluding steroid dienone is 2. The van der Waals surface area contributed by atoms with E-state index in [2.05, 4.69) is 0 Å². The zero-order valence-electron chi connectivity index (χ0n) is 10.7.